The lowest BCUT2D eigenvalue weighted by Gasteiger charge is -2.12. The number of hydrogen-bond donors (Lipinski definition) is 0. The van der Waals surface area contributed by atoms with Crippen LogP contribution in [0, 0.1) is 27.7 Å². The van der Waals surface area contributed by atoms with Crippen molar-refractivity contribution in [1.29, 1.82) is 0 Å². The Hall–Kier alpha value is -1.77. The number of aryl methyl sites for hydroxylation is 4. The first-order chi connectivity index (χ1) is 8.58. The topological polar surface area (TPSA) is 27.1 Å². The number of ether oxygens (including phenoxy) is 1. The number of aromatic nitrogens is 2. The molecule has 0 atom stereocenters. The first-order valence-electron chi connectivity index (χ1n) is 6.26. The highest BCUT2D eigenvalue weighted by Gasteiger charge is 2.03. The van der Waals surface area contributed by atoms with Gasteiger partial charge in [0.15, 0.2) is 0 Å². The average Bonchev–Trinajstić information content (AvgIpc) is 2.72. The molecule has 3 nitrogen and oxygen atoms in total. The lowest BCUT2D eigenvalue weighted by atomic mass is 10.1. The van der Waals surface area contributed by atoms with E-state index in [1.807, 2.05) is 19.3 Å². The molecule has 0 unspecified atom stereocenters. The van der Waals surface area contributed by atoms with E-state index in [9.17, 15) is 0 Å². The molecule has 0 fully saturated rings. The summed E-state index contributed by atoms with van der Waals surface area (Å²) in [5, 5.41) is 0. The second kappa shape index (κ2) is 5.25. The molecule has 0 aliphatic rings. The molecule has 0 radical (unpaired) electrons. The van der Waals surface area contributed by atoms with Gasteiger partial charge in [-0.25, -0.2) is 4.98 Å². The molecule has 0 aliphatic carbocycles. The molecule has 0 aliphatic heterocycles. The van der Waals surface area contributed by atoms with Crippen LogP contribution in [0.4, 0.5) is 0 Å². The first kappa shape index (κ1) is 12.7. The van der Waals surface area contributed by atoms with Gasteiger partial charge >= 0.3 is 0 Å². The van der Waals surface area contributed by atoms with Crippen LogP contribution in [0.1, 0.15) is 22.5 Å². The van der Waals surface area contributed by atoms with Gasteiger partial charge in [0.05, 0.1) is 6.54 Å². The fraction of sp³-hybridized carbons (Fsp3) is 0.400. The minimum Gasteiger partial charge on any atom is -0.491 e. The van der Waals surface area contributed by atoms with Gasteiger partial charge in [-0.2, -0.15) is 0 Å². The molecular weight excluding hydrogens is 224 g/mol. The second-order valence-corrected chi connectivity index (χ2v) is 4.72. The normalized spacial score (nSPS) is 10.7. The van der Waals surface area contributed by atoms with E-state index in [4.69, 9.17) is 4.74 Å². The Morgan fingerprint density at radius 3 is 2.44 bits per heavy atom. The minimum atomic E-state index is 0.667. The zero-order valence-corrected chi connectivity index (χ0v) is 11.5. The van der Waals surface area contributed by atoms with Gasteiger partial charge < -0.3 is 9.30 Å². The van der Waals surface area contributed by atoms with Crippen molar-refractivity contribution < 1.29 is 4.74 Å². The molecule has 2 aromatic rings. The van der Waals surface area contributed by atoms with Crippen LogP contribution in [0.5, 0.6) is 5.75 Å². The maximum absolute atomic E-state index is 5.85. The first-order valence-corrected chi connectivity index (χ1v) is 6.26. The maximum atomic E-state index is 5.85. The predicted molar refractivity (Wildman–Crippen MR) is 73.1 cm³/mol. The number of benzene rings is 1. The summed E-state index contributed by atoms with van der Waals surface area (Å²) in [6.07, 6.45) is 3.79. The van der Waals surface area contributed by atoms with Crippen molar-refractivity contribution in [2.75, 3.05) is 6.61 Å². The van der Waals surface area contributed by atoms with E-state index in [1.165, 1.54) is 16.7 Å². The minimum absolute atomic E-state index is 0.667. The van der Waals surface area contributed by atoms with Crippen molar-refractivity contribution in [2.45, 2.75) is 34.2 Å². The Kier molecular flexibility index (Phi) is 3.70. The lowest BCUT2D eigenvalue weighted by molar-refractivity contribution is 0.295. The van der Waals surface area contributed by atoms with E-state index in [1.54, 1.807) is 0 Å². The van der Waals surface area contributed by atoms with E-state index < -0.39 is 0 Å². The van der Waals surface area contributed by atoms with Crippen molar-refractivity contribution in [2.24, 2.45) is 0 Å². The van der Waals surface area contributed by atoms with Crippen LogP contribution < -0.4 is 4.74 Å². The Balaban J connectivity index is 1.99. The summed E-state index contributed by atoms with van der Waals surface area (Å²) < 4.78 is 7.95. The van der Waals surface area contributed by atoms with Crippen LogP contribution in [0.3, 0.4) is 0 Å². The highest BCUT2D eigenvalue weighted by molar-refractivity contribution is 5.40. The van der Waals surface area contributed by atoms with Gasteiger partial charge in [-0.15, -0.1) is 0 Å². The maximum Gasteiger partial charge on any atom is 0.122 e. The molecule has 96 valence electrons. The van der Waals surface area contributed by atoms with Crippen LogP contribution in [0.15, 0.2) is 24.5 Å². The third-order valence-electron chi connectivity index (χ3n) is 3.30. The largest absolute Gasteiger partial charge is 0.491 e. The fourth-order valence-corrected chi connectivity index (χ4v) is 1.98. The highest BCUT2D eigenvalue weighted by Crippen LogP contribution is 2.22. The summed E-state index contributed by atoms with van der Waals surface area (Å²) in [6.45, 7) is 9.83. The van der Waals surface area contributed by atoms with Gasteiger partial charge in [0, 0.05) is 12.4 Å². The standard InChI is InChI=1S/C15H20N2O/c1-11-9-13(3)15(10-12(11)2)18-8-7-17-6-5-16-14(17)4/h5-6,9-10H,7-8H2,1-4H3. The van der Waals surface area contributed by atoms with Gasteiger partial charge in [-0.05, 0) is 50.5 Å². The molecule has 3 heteroatoms. The summed E-state index contributed by atoms with van der Waals surface area (Å²) in [5.74, 6) is 2.01. The van der Waals surface area contributed by atoms with Gasteiger partial charge in [-0.1, -0.05) is 6.07 Å². The van der Waals surface area contributed by atoms with E-state index in [0.29, 0.717) is 6.61 Å². The SMILES string of the molecule is Cc1cc(C)c(OCCn2ccnc2C)cc1C. The molecule has 2 rings (SSSR count). The summed E-state index contributed by atoms with van der Waals surface area (Å²) >= 11 is 0. The Morgan fingerprint density at radius 2 is 1.78 bits per heavy atom. The highest BCUT2D eigenvalue weighted by atomic mass is 16.5. The van der Waals surface area contributed by atoms with Crippen LogP contribution in [-0.4, -0.2) is 16.2 Å². The van der Waals surface area contributed by atoms with Crippen LogP contribution in [0.2, 0.25) is 0 Å². The monoisotopic (exact) mass is 244 g/mol. The number of hydrogen-bond acceptors (Lipinski definition) is 2. The van der Waals surface area contributed by atoms with E-state index >= 15 is 0 Å². The molecule has 1 aromatic carbocycles. The van der Waals surface area contributed by atoms with Gasteiger partial charge in [-0.3, -0.25) is 0 Å². The molecular formula is C15H20N2O. The predicted octanol–water partition coefficient (Wildman–Crippen LogP) is 3.20. The quantitative estimate of drug-likeness (QED) is 0.826. The Labute approximate surface area is 108 Å². The second-order valence-electron chi connectivity index (χ2n) is 4.72. The van der Waals surface area contributed by atoms with Crippen LogP contribution in [-0.2, 0) is 6.54 Å². The number of nitrogens with zero attached hydrogens (tertiary/aromatic N) is 2. The zero-order valence-electron chi connectivity index (χ0n) is 11.5. The summed E-state index contributed by atoms with van der Waals surface area (Å²) in [4.78, 5) is 4.19. The summed E-state index contributed by atoms with van der Waals surface area (Å²) in [7, 11) is 0. The Bertz CT molecular complexity index is 543. The number of imidazole rings is 1. The number of rotatable bonds is 4. The fourth-order valence-electron chi connectivity index (χ4n) is 1.98. The van der Waals surface area contributed by atoms with E-state index in [2.05, 4.69) is 42.5 Å². The van der Waals surface area contributed by atoms with Gasteiger partial charge in [0.25, 0.3) is 0 Å². The third-order valence-corrected chi connectivity index (χ3v) is 3.30. The van der Waals surface area contributed by atoms with Crippen LogP contribution in [0.25, 0.3) is 0 Å². The molecule has 0 bridgehead atoms. The summed E-state index contributed by atoms with van der Waals surface area (Å²) in [6, 6.07) is 4.29. The van der Waals surface area contributed by atoms with Gasteiger partial charge in [0.2, 0.25) is 0 Å². The van der Waals surface area contributed by atoms with Crippen molar-refractivity contribution >= 4 is 0 Å². The smallest absolute Gasteiger partial charge is 0.122 e. The average molecular weight is 244 g/mol. The van der Waals surface area contributed by atoms with Crippen molar-refractivity contribution in [3.05, 3.63) is 47.0 Å². The van der Waals surface area contributed by atoms with E-state index in [0.717, 1.165) is 18.1 Å². The molecule has 0 saturated heterocycles. The molecule has 0 N–H and O–H groups in total. The van der Waals surface area contributed by atoms with E-state index in [-0.39, 0.29) is 0 Å². The molecule has 18 heavy (non-hydrogen) atoms. The molecule has 1 aromatic heterocycles. The molecule has 0 spiro atoms. The van der Waals surface area contributed by atoms with Crippen molar-refractivity contribution in [3.8, 4) is 5.75 Å². The van der Waals surface area contributed by atoms with Crippen molar-refractivity contribution in [1.82, 2.24) is 9.55 Å². The Morgan fingerprint density at radius 1 is 1.06 bits per heavy atom. The zero-order chi connectivity index (χ0) is 13.1. The van der Waals surface area contributed by atoms with Crippen molar-refractivity contribution in [3.63, 3.8) is 0 Å². The molecule has 0 amide bonds. The third kappa shape index (κ3) is 2.73. The summed E-state index contributed by atoms with van der Waals surface area (Å²) in [5.41, 5.74) is 3.78. The van der Waals surface area contributed by atoms with Gasteiger partial charge in [0.1, 0.15) is 18.2 Å². The molecule has 1 heterocycles. The van der Waals surface area contributed by atoms with Crippen LogP contribution >= 0.6 is 0 Å². The lowest BCUT2D eigenvalue weighted by Crippen LogP contribution is -2.09. The molecule has 0 saturated carbocycles.